The highest BCUT2D eigenvalue weighted by Gasteiger charge is 2.06. The smallest absolute Gasteiger partial charge is 0.311 e. The number of fused-ring (bicyclic) bond motifs is 1. The van der Waals surface area contributed by atoms with Gasteiger partial charge in [0.1, 0.15) is 5.75 Å². The lowest BCUT2D eigenvalue weighted by atomic mass is 10.1. The molecular formula is C15H17NO3. The van der Waals surface area contributed by atoms with Crippen molar-refractivity contribution in [2.75, 3.05) is 7.11 Å². The number of ether oxygens (including phenoxy) is 2. The van der Waals surface area contributed by atoms with Gasteiger partial charge in [0.05, 0.1) is 30.8 Å². The summed E-state index contributed by atoms with van der Waals surface area (Å²) in [4.78, 5) is 15.6. The van der Waals surface area contributed by atoms with E-state index in [-0.39, 0.29) is 18.5 Å². The SMILES string of the molecule is COC(=O)Cc1ccc2cc(OC(C)C)ccc2n1. The summed E-state index contributed by atoms with van der Waals surface area (Å²) in [6.07, 6.45) is 0.334. The summed E-state index contributed by atoms with van der Waals surface area (Å²) < 4.78 is 10.3. The maximum atomic E-state index is 11.2. The van der Waals surface area contributed by atoms with Crippen LogP contribution in [0.2, 0.25) is 0 Å². The van der Waals surface area contributed by atoms with Gasteiger partial charge in [-0.1, -0.05) is 6.07 Å². The van der Waals surface area contributed by atoms with E-state index in [4.69, 9.17) is 4.74 Å². The van der Waals surface area contributed by atoms with E-state index in [1.807, 2.05) is 44.2 Å². The monoisotopic (exact) mass is 259 g/mol. The first kappa shape index (κ1) is 13.3. The molecule has 4 heteroatoms. The van der Waals surface area contributed by atoms with Crippen LogP contribution in [-0.4, -0.2) is 24.2 Å². The van der Waals surface area contributed by atoms with Crippen molar-refractivity contribution in [2.24, 2.45) is 0 Å². The van der Waals surface area contributed by atoms with Crippen molar-refractivity contribution in [2.45, 2.75) is 26.4 Å². The van der Waals surface area contributed by atoms with Gasteiger partial charge in [-0.25, -0.2) is 0 Å². The summed E-state index contributed by atoms with van der Waals surface area (Å²) in [7, 11) is 1.37. The molecule has 0 radical (unpaired) electrons. The Morgan fingerprint density at radius 3 is 2.74 bits per heavy atom. The number of nitrogens with zero attached hydrogens (tertiary/aromatic N) is 1. The molecule has 4 nitrogen and oxygen atoms in total. The standard InChI is InChI=1S/C15H17NO3/c1-10(2)19-13-6-7-14-11(8-13)4-5-12(16-14)9-15(17)18-3/h4-8,10H,9H2,1-3H3. The lowest BCUT2D eigenvalue weighted by Crippen LogP contribution is -2.06. The molecule has 2 aromatic rings. The molecule has 0 aliphatic heterocycles. The highest BCUT2D eigenvalue weighted by atomic mass is 16.5. The quantitative estimate of drug-likeness (QED) is 0.792. The minimum absolute atomic E-state index is 0.143. The maximum Gasteiger partial charge on any atom is 0.311 e. The zero-order chi connectivity index (χ0) is 13.8. The van der Waals surface area contributed by atoms with Crippen LogP contribution in [0, 0.1) is 0 Å². The van der Waals surface area contributed by atoms with Crippen LogP contribution in [0.15, 0.2) is 30.3 Å². The summed E-state index contributed by atoms with van der Waals surface area (Å²) in [5, 5.41) is 0.992. The summed E-state index contributed by atoms with van der Waals surface area (Å²) in [6, 6.07) is 9.50. The summed E-state index contributed by atoms with van der Waals surface area (Å²) in [5.41, 5.74) is 1.55. The Bertz CT molecular complexity index is 593. The molecule has 0 saturated heterocycles. The van der Waals surface area contributed by atoms with E-state index in [1.165, 1.54) is 7.11 Å². The molecule has 0 N–H and O–H groups in total. The first-order valence-corrected chi connectivity index (χ1v) is 6.21. The predicted molar refractivity (Wildman–Crippen MR) is 73.2 cm³/mol. The highest BCUT2D eigenvalue weighted by molar-refractivity contribution is 5.81. The average molecular weight is 259 g/mol. The van der Waals surface area contributed by atoms with E-state index in [2.05, 4.69) is 9.72 Å². The number of carbonyl (C=O) groups excluding carboxylic acids is 1. The third-order valence-corrected chi connectivity index (χ3v) is 2.64. The van der Waals surface area contributed by atoms with E-state index in [0.717, 1.165) is 16.7 Å². The van der Waals surface area contributed by atoms with Gasteiger partial charge in [0, 0.05) is 5.39 Å². The number of pyridine rings is 1. The van der Waals surface area contributed by atoms with E-state index >= 15 is 0 Å². The Morgan fingerprint density at radius 1 is 1.26 bits per heavy atom. The lowest BCUT2D eigenvalue weighted by molar-refractivity contribution is -0.139. The zero-order valence-corrected chi connectivity index (χ0v) is 11.3. The number of carbonyl (C=O) groups is 1. The van der Waals surface area contributed by atoms with Crippen molar-refractivity contribution in [1.82, 2.24) is 4.98 Å². The van der Waals surface area contributed by atoms with Gasteiger partial charge in [-0.05, 0) is 38.1 Å². The molecule has 0 amide bonds. The maximum absolute atomic E-state index is 11.2. The summed E-state index contributed by atoms with van der Waals surface area (Å²) in [6.45, 7) is 3.98. The molecule has 0 atom stereocenters. The number of rotatable bonds is 4. The van der Waals surface area contributed by atoms with Gasteiger partial charge in [0.2, 0.25) is 0 Å². The highest BCUT2D eigenvalue weighted by Crippen LogP contribution is 2.21. The van der Waals surface area contributed by atoms with Crippen LogP contribution in [0.1, 0.15) is 19.5 Å². The predicted octanol–water partition coefficient (Wildman–Crippen LogP) is 2.74. The molecule has 2 rings (SSSR count). The van der Waals surface area contributed by atoms with Crippen molar-refractivity contribution in [3.63, 3.8) is 0 Å². The molecule has 0 bridgehead atoms. The Hall–Kier alpha value is -2.10. The molecule has 0 fully saturated rings. The van der Waals surface area contributed by atoms with Crippen LogP contribution < -0.4 is 4.74 Å². The first-order chi connectivity index (χ1) is 9.08. The number of methoxy groups -OCH3 is 1. The first-order valence-electron chi connectivity index (χ1n) is 6.21. The largest absolute Gasteiger partial charge is 0.491 e. The minimum atomic E-state index is -0.286. The Balaban J connectivity index is 2.27. The average Bonchev–Trinajstić information content (AvgIpc) is 2.38. The topological polar surface area (TPSA) is 48.4 Å². The number of hydrogen-bond donors (Lipinski definition) is 0. The van der Waals surface area contributed by atoms with Crippen molar-refractivity contribution in [3.05, 3.63) is 36.0 Å². The van der Waals surface area contributed by atoms with Crippen LogP contribution in [-0.2, 0) is 16.0 Å². The second-order valence-electron chi connectivity index (χ2n) is 4.58. The van der Waals surface area contributed by atoms with Crippen LogP contribution in [0.4, 0.5) is 0 Å². The van der Waals surface area contributed by atoms with Gasteiger partial charge in [-0.2, -0.15) is 0 Å². The minimum Gasteiger partial charge on any atom is -0.491 e. The molecular weight excluding hydrogens is 242 g/mol. The Kier molecular flexibility index (Phi) is 4.00. The molecule has 0 aliphatic rings. The second kappa shape index (κ2) is 5.69. The number of hydrogen-bond acceptors (Lipinski definition) is 4. The van der Waals surface area contributed by atoms with Gasteiger partial charge < -0.3 is 9.47 Å². The molecule has 0 aliphatic carbocycles. The summed E-state index contributed by atoms with van der Waals surface area (Å²) >= 11 is 0. The molecule has 100 valence electrons. The molecule has 0 saturated carbocycles. The zero-order valence-electron chi connectivity index (χ0n) is 11.3. The van der Waals surface area contributed by atoms with Crippen LogP contribution in [0.5, 0.6) is 5.75 Å². The third kappa shape index (κ3) is 3.44. The van der Waals surface area contributed by atoms with Crippen LogP contribution >= 0.6 is 0 Å². The Morgan fingerprint density at radius 2 is 2.05 bits per heavy atom. The fourth-order valence-electron chi connectivity index (χ4n) is 1.81. The fraction of sp³-hybridized carbons (Fsp3) is 0.333. The Labute approximate surface area is 112 Å². The van der Waals surface area contributed by atoms with Crippen molar-refractivity contribution in [1.29, 1.82) is 0 Å². The van der Waals surface area contributed by atoms with E-state index in [9.17, 15) is 4.79 Å². The van der Waals surface area contributed by atoms with E-state index in [0.29, 0.717) is 5.69 Å². The number of aromatic nitrogens is 1. The summed E-state index contributed by atoms with van der Waals surface area (Å²) in [5.74, 6) is 0.539. The molecule has 1 aromatic carbocycles. The van der Waals surface area contributed by atoms with E-state index in [1.54, 1.807) is 0 Å². The van der Waals surface area contributed by atoms with Crippen LogP contribution in [0.25, 0.3) is 10.9 Å². The number of benzene rings is 1. The van der Waals surface area contributed by atoms with Gasteiger partial charge in [-0.3, -0.25) is 9.78 Å². The third-order valence-electron chi connectivity index (χ3n) is 2.64. The van der Waals surface area contributed by atoms with Crippen LogP contribution in [0.3, 0.4) is 0 Å². The number of esters is 1. The van der Waals surface area contributed by atoms with Crippen molar-refractivity contribution in [3.8, 4) is 5.75 Å². The fourth-order valence-corrected chi connectivity index (χ4v) is 1.81. The molecule has 0 spiro atoms. The van der Waals surface area contributed by atoms with E-state index < -0.39 is 0 Å². The van der Waals surface area contributed by atoms with Gasteiger partial charge in [-0.15, -0.1) is 0 Å². The van der Waals surface area contributed by atoms with Gasteiger partial charge in [0.15, 0.2) is 0 Å². The lowest BCUT2D eigenvalue weighted by Gasteiger charge is -2.10. The molecule has 19 heavy (non-hydrogen) atoms. The van der Waals surface area contributed by atoms with Crippen molar-refractivity contribution < 1.29 is 14.3 Å². The van der Waals surface area contributed by atoms with Crippen molar-refractivity contribution >= 4 is 16.9 Å². The molecule has 1 heterocycles. The second-order valence-corrected chi connectivity index (χ2v) is 4.58. The van der Waals surface area contributed by atoms with Gasteiger partial charge >= 0.3 is 5.97 Å². The molecule has 1 aromatic heterocycles. The van der Waals surface area contributed by atoms with Gasteiger partial charge in [0.25, 0.3) is 0 Å². The normalized spacial score (nSPS) is 10.7. The molecule has 0 unspecified atom stereocenters.